The van der Waals surface area contributed by atoms with Crippen molar-refractivity contribution in [3.8, 4) is 0 Å². The van der Waals surface area contributed by atoms with Crippen LogP contribution >= 0.6 is 0 Å². The normalized spacial score (nSPS) is 16.8. The zero-order chi connectivity index (χ0) is 19.7. The van der Waals surface area contributed by atoms with Crippen molar-refractivity contribution in [3.63, 3.8) is 0 Å². The molecule has 152 valence electrons. The number of hydrogen-bond acceptors (Lipinski definition) is 5. The molecule has 0 aromatic heterocycles. The van der Waals surface area contributed by atoms with E-state index in [1.165, 1.54) is 12.1 Å². The smallest absolute Gasteiger partial charge is 0.235 e. The molecule has 1 saturated heterocycles. The van der Waals surface area contributed by atoms with E-state index in [4.69, 9.17) is 4.74 Å². The first-order chi connectivity index (χ1) is 12.9. The molecule has 1 aromatic rings. The van der Waals surface area contributed by atoms with E-state index >= 15 is 0 Å². The van der Waals surface area contributed by atoms with Crippen LogP contribution in [0.4, 0.5) is 4.39 Å². The first-order valence-corrected chi connectivity index (χ1v) is 11.3. The summed E-state index contributed by atoms with van der Waals surface area (Å²) in [6.07, 6.45) is 2.34. The molecule has 0 bridgehead atoms. The van der Waals surface area contributed by atoms with E-state index in [0.29, 0.717) is 32.7 Å². The van der Waals surface area contributed by atoms with Crippen LogP contribution in [-0.4, -0.2) is 63.6 Å². The van der Waals surface area contributed by atoms with Crippen LogP contribution in [0.3, 0.4) is 0 Å². The van der Waals surface area contributed by atoms with Gasteiger partial charge in [0.05, 0.1) is 25.0 Å². The Morgan fingerprint density at radius 1 is 1.30 bits per heavy atom. The fraction of sp³-hybridized carbons (Fsp3) is 0.632. The first kappa shape index (κ1) is 21.8. The van der Waals surface area contributed by atoms with Gasteiger partial charge in [-0.1, -0.05) is 31.9 Å². The quantitative estimate of drug-likeness (QED) is 0.608. The number of carbonyl (C=O) groups is 1. The molecule has 1 unspecified atom stereocenters. The number of amides is 1. The van der Waals surface area contributed by atoms with Crippen LogP contribution in [0.1, 0.15) is 37.8 Å². The number of halogens is 1. The van der Waals surface area contributed by atoms with Gasteiger partial charge in [0.1, 0.15) is 11.6 Å². The van der Waals surface area contributed by atoms with E-state index in [2.05, 4.69) is 10.2 Å². The predicted molar refractivity (Wildman–Crippen MR) is 103 cm³/mol. The molecule has 1 heterocycles. The van der Waals surface area contributed by atoms with Crippen LogP contribution in [-0.2, 0) is 19.4 Å². The molecule has 0 aliphatic carbocycles. The third-order valence-electron chi connectivity index (χ3n) is 4.62. The van der Waals surface area contributed by atoms with Crippen LogP contribution in [0.5, 0.6) is 0 Å². The summed E-state index contributed by atoms with van der Waals surface area (Å²) in [6, 6.07) is 6.06. The minimum atomic E-state index is -3.40. The highest BCUT2D eigenvalue weighted by atomic mass is 32.2. The Balaban J connectivity index is 1.97. The SMILES string of the molecule is CCCCCS(=O)(=O)CC(=O)NCC(c1cccc(F)c1)N1CCOCC1. The lowest BCUT2D eigenvalue weighted by molar-refractivity contribution is -0.119. The van der Waals surface area contributed by atoms with Crippen molar-refractivity contribution >= 4 is 15.7 Å². The number of ether oxygens (including phenoxy) is 1. The number of rotatable bonds is 10. The first-order valence-electron chi connectivity index (χ1n) is 9.45. The summed E-state index contributed by atoms with van der Waals surface area (Å²) >= 11 is 0. The van der Waals surface area contributed by atoms with Gasteiger partial charge in [-0.15, -0.1) is 0 Å². The largest absolute Gasteiger partial charge is 0.379 e. The number of nitrogens with zero attached hydrogens (tertiary/aromatic N) is 1. The van der Waals surface area contributed by atoms with Gasteiger partial charge < -0.3 is 10.1 Å². The van der Waals surface area contributed by atoms with E-state index < -0.39 is 21.5 Å². The average Bonchev–Trinajstić information content (AvgIpc) is 2.62. The Morgan fingerprint density at radius 2 is 2.04 bits per heavy atom. The van der Waals surface area contributed by atoms with Gasteiger partial charge in [-0.25, -0.2) is 12.8 Å². The van der Waals surface area contributed by atoms with Crippen molar-refractivity contribution in [1.82, 2.24) is 10.2 Å². The van der Waals surface area contributed by atoms with Crippen molar-refractivity contribution in [3.05, 3.63) is 35.6 Å². The Labute approximate surface area is 161 Å². The van der Waals surface area contributed by atoms with Gasteiger partial charge >= 0.3 is 0 Å². The van der Waals surface area contributed by atoms with Crippen molar-refractivity contribution in [2.24, 2.45) is 0 Å². The lowest BCUT2D eigenvalue weighted by Gasteiger charge is -2.35. The van der Waals surface area contributed by atoms with Crippen molar-refractivity contribution < 1.29 is 22.3 Å². The summed E-state index contributed by atoms with van der Waals surface area (Å²) in [7, 11) is -3.40. The number of nitrogens with one attached hydrogen (secondary N) is 1. The third-order valence-corrected chi connectivity index (χ3v) is 6.24. The topological polar surface area (TPSA) is 75.7 Å². The van der Waals surface area contributed by atoms with Crippen LogP contribution in [0.2, 0.25) is 0 Å². The summed E-state index contributed by atoms with van der Waals surface area (Å²) in [4.78, 5) is 14.3. The minimum Gasteiger partial charge on any atom is -0.379 e. The maximum absolute atomic E-state index is 13.7. The summed E-state index contributed by atoms with van der Waals surface area (Å²) in [5.41, 5.74) is 0.753. The molecule has 8 heteroatoms. The van der Waals surface area contributed by atoms with E-state index in [9.17, 15) is 17.6 Å². The van der Waals surface area contributed by atoms with Gasteiger partial charge in [-0.05, 0) is 24.1 Å². The Bertz CT molecular complexity index is 705. The molecule has 2 rings (SSSR count). The monoisotopic (exact) mass is 400 g/mol. The molecule has 1 aromatic carbocycles. The highest BCUT2D eigenvalue weighted by molar-refractivity contribution is 7.92. The van der Waals surface area contributed by atoms with E-state index in [1.807, 2.05) is 13.0 Å². The number of sulfone groups is 1. The molecule has 1 aliphatic heterocycles. The molecule has 0 saturated carbocycles. The van der Waals surface area contributed by atoms with Crippen LogP contribution < -0.4 is 5.32 Å². The van der Waals surface area contributed by atoms with Crippen LogP contribution in [0, 0.1) is 5.82 Å². The van der Waals surface area contributed by atoms with E-state index in [1.54, 1.807) is 6.07 Å². The lowest BCUT2D eigenvalue weighted by atomic mass is 10.0. The summed E-state index contributed by atoms with van der Waals surface area (Å²) in [5.74, 6) is -1.32. The van der Waals surface area contributed by atoms with Gasteiger partial charge in [0.2, 0.25) is 5.91 Å². The molecule has 1 atom stereocenters. The molecule has 1 N–H and O–H groups in total. The lowest BCUT2D eigenvalue weighted by Crippen LogP contribution is -2.44. The minimum absolute atomic E-state index is 0.0328. The van der Waals surface area contributed by atoms with Gasteiger partial charge in [-0.3, -0.25) is 9.69 Å². The number of hydrogen-bond donors (Lipinski definition) is 1. The molecule has 1 aliphatic rings. The second-order valence-electron chi connectivity index (χ2n) is 6.82. The van der Waals surface area contributed by atoms with Gasteiger partial charge in [0, 0.05) is 19.6 Å². The van der Waals surface area contributed by atoms with E-state index in [0.717, 1.165) is 18.4 Å². The zero-order valence-corrected chi connectivity index (χ0v) is 16.6. The summed E-state index contributed by atoms with van der Waals surface area (Å²) in [5, 5.41) is 2.72. The molecule has 27 heavy (non-hydrogen) atoms. The van der Waals surface area contributed by atoms with Crippen molar-refractivity contribution in [1.29, 1.82) is 0 Å². The fourth-order valence-electron chi connectivity index (χ4n) is 3.17. The van der Waals surface area contributed by atoms with Gasteiger partial charge in [0.25, 0.3) is 0 Å². The molecular formula is C19H29FN2O4S. The number of carbonyl (C=O) groups excluding carboxylic acids is 1. The maximum Gasteiger partial charge on any atom is 0.235 e. The van der Waals surface area contributed by atoms with Crippen LogP contribution in [0.25, 0.3) is 0 Å². The number of morpholine rings is 1. The zero-order valence-electron chi connectivity index (χ0n) is 15.8. The molecule has 1 fully saturated rings. The molecular weight excluding hydrogens is 371 g/mol. The van der Waals surface area contributed by atoms with E-state index in [-0.39, 0.29) is 24.2 Å². The van der Waals surface area contributed by atoms with Gasteiger partial charge in [-0.2, -0.15) is 0 Å². The summed E-state index contributed by atoms with van der Waals surface area (Å²) < 4.78 is 43.1. The molecule has 0 spiro atoms. The fourth-order valence-corrected chi connectivity index (χ4v) is 4.46. The summed E-state index contributed by atoms with van der Waals surface area (Å²) in [6.45, 7) is 4.72. The third kappa shape index (κ3) is 7.56. The Kier molecular flexibility index (Phi) is 8.66. The van der Waals surface area contributed by atoms with Crippen molar-refractivity contribution in [2.45, 2.75) is 32.2 Å². The molecule has 6 nitrogen and oxygen atoms in total. The standard InChI is InChI=1S/C19H29FN2O4S/c1-2-3-4-12-27(24,25)15-19(23)21-14-18(22-8-10-26-11-9-22)16-6-5-7-17(20)13-16/h5-7,13,18H,2-4,8-12,14-15H2,1H3,(H,21,23). The highest BCUT2D eigenvalue weighted by Crippen LogP contribution is 2.22. The maximum atomic E-state index is 13.7. The Morgan fingerprint density at radius 3 is 2.70 bits per heavy atom. The second-order valence-corrected chi connectivity index (χ2v) is 9.01. The predicted octanol–water partition coefficient (Wildman–Crippen LogP) is 1.92. The van der Waals surface area contributed by atoms with Crippen LogP contribution in [0.15, 0.2) is 24.3 Å². The Hall–Kier alpha value is -1.51. The second kappa shape index (κ2) is 10.7. The number of unbranched alkanes of at least 4 members (excludes halogenated alkanes) is 2. The molecule has 0 radical (unpaired) electrons. The number of benzene rings is 1. The van der Waals surface area contributed by atoms with Gasteiger partial charge in [0.15, 0.2) is 9.84 Å². The highest BCUT2D eigenvalue weighted by Gasteiger charge is 2.24. The van der Waals surface area contributed by atoms with Crippen molar-refractivity contribution in [2.75, 3.05) is 44.4 Å². The molecule has 1 amide bonds. The average molecular weight is 401 g/mol.